The van der Waals surface area contributed by atoms with E-state index >= 15 is 0 Å². The molecule has 3 heterocycles. The summed E-state index contributed by atoms with van der Waals surface area (Å²) in [6.07, 6.45) is 2.88. The molecule has 2 aromatic rings. The first-order valence-corrected chi connectivity index (χ1v) is 8.06. The monoisotopic (exact) mass is 357 g/mol. The maximum atomic E-state index is 6.32. The summed E-state index contributed by atoms with van der Waals surface area (Å²) >= 11 is 9.76. The number of nitrogens with zero attached hydrogens (tertiary/aromatic N) is 3. The molecule has 0 spiro atoms. The lowest BCUT2D eigenvalue weighted by Crippen LogP contribution is -2.19. The molecular weight excluding hydrogens is 342 g/mol. The molecule has 1 saturated heterocycles. The van der Waals surface area contributed by atoms with Crippen LogP contribution in [-0.4, -0.2) is 27.7 Å². The number of imidazole rings is 1. The lowest BCUT2D eigenvalue weighted by atomic mass is 10.0. The Bertz CT molecular complexity index is 622. The van der Waals surface area contributed by atoms with E-state index in [0.29, 0.717) is 5.92 Å². The molecular formula is C14H17BrClN3O. The van der Waals surface area contributed by atoms with Crippen molar-refractivity contribution in [2.24, 2.45) is 5.92 Å². The molecule has 6 heteroatoms. The molecule has 20 heavy (non-hydrogen) atoms. The molecule has 0 N–H and O–H groups in total. The van der Waals surface area contributed by atoms with Crippen LogP contribution in [0, 0.1) is 5.92 Å². The van der Waals surface area contributed by atoms with E-state index in [9.17, 15) is 0 Å². The van der Waals surface area contributed by atoms with Crippen molar-refractivity contribution in [2.45, 2.75) is 31.7 Å². The highest BCUT2D eigenvalue weighted by atomic mass is 79.9. The molecule has 1 aliphatic heterocycles. The van der Waals surface area contributed by atoms with E-state index in [0.717, 1.165) is 41.1 Å². The molecule has 0 bridgehead atoms. The number of fused-ring (bicyclic) bond motifs is 1. The Balaban J connectivity index is 2.13. The maximum Gasteiger partial charge on any atom is 0.160 e. The van der Waals surface area contributed by atoms with Gasteiger partial charge in [-0.2, -0.15) is 0 Å². The van der Waals surface area contributed by atoms with Gasteiger partial charge in [-0.15, -0.1) is 11.6 Å². The van der Waals surface area contributed by atoms with Gasteiger partial charge >= 0.3 is 0 Å². The average molecular weight is 359 g/mol. The van der Waals surface area contributed by atoms with Crippen LogP contribution in [-0.2, 0) is 4.74 Å². The zero-order valence-corrected chi connectivity index (χ0v) is 13.9. The molecule has 0 amide bonds. The second-order valence-corrected chi connectivity index (χ2v) is 6.89. The summed E-state index contributed by atoms with van der Waals surface area (Å²) in [6.45, 7) is 5.79. The van der Waals surface area contributed by atoms with Crippen LogP contribution in [0.1, 0.15) is 37.5 Å². The highest BCUT2D eigenvalue weighted by Crippen LogP contribution is 2.33. The van der Waals surface area contributed by atoms with Gasteiger partial charge in [0, 0.05) is 29.2 Å². The third kappa shape index (κ3) is 2.47. The second-order valence-electron chi connectivity index (χ2n) is 5.32. The van der Waals surface area contributed by atoms with Gasteiger partial charge in [0.15, 0.2) is 5.65 Å². The highest BCUT2D eigenvalue weighted by Gasteiger charge is 2.28. The molecule has 0 aromatic carbocycles. The minimum Gasteiger partial charge on any atom is -0.381 e. The van der Waals surface area contributed by atoms with Crippen LogP contribution in [0.15, 0.2) is 16.7 Å². The van der Waals surface area contributed by atoms with Crippen LogP contribution in [0.4, 0.5) is 0 Å². The van der Waals surface area contributed by atoms with Crippen LogP contribution in [0.5, 0.6) is 0 Å². The Morgan fingerprint density at radius 1 is 1.50 bits per heavy atom. The van der Waals surface area contributed by atoms with Gasteiger partial charge in [-0.3, -0.25) is 0 Å². The smallest absolute Gasteiger partial charge is 0.160 e. The molecule has 0 radical (unpaired) electrons. The number of rotatable bonds is 3. The second kappa shape index (κ2) is 5.62. The summed E-state index contributed by atoms with van der Waals surface area (Å²) in [7, 11) is 0. The van der Waals surface area contributed by atoms with E-state index in [1.165, 1.54) is 0 Å². The normalized spacial score (nSPS) is 22.3. The van der Waals surface area contributed by atoms with Crippen molar-refractivity contribution in [1.82, 2.24) is 14.5 Å². The average Bonchev–Trinajstić information content (AvgIpc) is 3.04. The Morgan fingerprint density at radius 3 is 2.95 bits per heavy atom. The summed E-state index contributed by atoms with van der Waals surface area (Å²) in [6, 6.07) is 2.27. The minimum atomic E-state index is -0.146. The van der Waals surface area contributed by atoms with E-state index in [4.69, 9.17) is 16.3 Å². The minimum absolute atomic E-state index is 0.146. The molecule has 0 aliphatic carbocycles. The largest absolute Gasteiger partial charge is 0.381 e. The van der Waals surface area contributed by atoms with E-state index in [2.05, 4.69) is 37.4 Å². The van der Waals surface area contributed by atoms with Gasteiger partial charge in [-0.1, -0.05) is 0 Å². The summed E-state index contributed by atoms with van der Waals surface area (Å²) in [5, 5.41) is -0.146. The van der Waals surface area contributed by atoms with Crippen LogP contribution >= 0.6 is 27.5 Å². The summed E-state index contributed by atoms with van der Waals surface area (Å²) in [5.41, 5.74) is 1.78. The molecule has 2 aromatic heterocycles. The van der Waals surface area contributed by atoms with E-state index < -0.39 is 0 Å². The van der Waals surface area contributed by atoms with Crippen molar-refractivity contribution in [2.75, 3.05) is 13.2 Å². The van der Waals surface area contributed by atoms with Gasteiger partial charge in [-0.05, 0) is 42.3 Å². The zero-order valence-electron chi connectivity index (χ0n) is 11.5. The van der Waals surface area contributed by atoms with Crippen molar-refractivity contribution in [3.05, 3.63) is 22.6 Å². The predicted molar refractivity (Wildman–Crippen MR) is 83.1 cm³/mol. The summed E-state index contributed by atoms with van der Waals surface area (Å²) < 4.78 is 8.62. The van der Waals surface area contributed by atoms with Crippen molar-refractivity contribution < 1.29 is 4.74 Å². The summed E-state index contributed by atoms with van der Waals surface area (Å²) in [4.78, 5) is 9.19. The van der Waals surface area contributed by atoms with Gasteiger partial charge in [0.1, 0.15) is 11.3 Å². The standard InChI is InChI=1S/C14H17BrClN3O/c1-8(16)13-18-12-5-11(15)6-17-14(12)19(13)9(2)10-3-4-20-7-10/h5-6,8-10H,3-4,7H2,1-2H3. The predicted octanol–water partition coefficient (Wildman–Crippen LogP) is 4.09. The van der Waals surface area contributed by atoms with Crippen LogP contribution < -0.4 is 0 Å². The Kier molecular flexibility index (Phi) is 4.02. The van der Waals surface area contributed by atoms with Crippen molar-refractivity contribution in [1.29, 1.82) is 0 Å². The van der Waals surface area contributed by atoms with Gasteiger partial charge < -0.3 is 9.30 Å². The number of alkyl halides is 1. The van der Waals surface area contributed by atoms with E-state index in [-0.39, 0.29) is 11.4 Å². The van der Waals surface area contributed by atoms with Crippen molar-refractivity contribution in [3.63, 3.8) is 0 Å². The molecule has 1 fully saturated rings. The Morgan fingerprint density at radius 2 is 2.30 bits per heavy atom. The number of ether oxygens (including phenoxy) is 1. The topological polar surface area (TPSA) is 39.9 Å². The molecule has 3 rings (SSSR count). The zero-order chi connectivity index (χ0) is 14.3. The molecule has 3 unspecified atom stereocenters. The fraction of sp³-hybridized carbons (Fsp3) is 0.571. The summed E-state index contributed by atoms with van der Waals surface area (Å²) in [5.74, 6) is 1.37. The first-order chi connectivity index (χ1) is 9.58. The van der Waals surface area contributed by atoms with Crippen LogP contribution in [0.3, 0.4) is 0 Å². The van der Waals surface area contributed by atoms with Crippen LogP contribution in [0.25, 0.3) is 11.2 Å². The van der Waals surface area contributed by atoms with Gasteiger partial charge in [0.05, 0.1) is 12.0 Å². The van der Waals surface area contributed by atoms with Gasteiger partial charge in [-0.25, -0.2) is 9.97 Å². The van der Waals surface area contributed by atoms with Crippen LogP contribution in [0.2, 0.25) is 0 Å². The number of pyridine rings is 1. The quantitative estimate of drug-likeness (QED) is 0.776. The lowest BCUT2D eigenvalue weighted by molar-refractivity contribution is 0.175. The Hall–Kier alpha value is -0.650. The third-order valence-electron chi connectivity index (χ3n) is 3.93. The van der Waals surface area contributed by atoms with Gasteiger partial charge in [0.25, 0.3) is 0 Å². The number of hydrogen-bond acceptors (Lipinski definition) is 3. The molecule has 0 saturated carbocycles. The number of halogens is 2. The first kappa shape index (κ1) is 14.3. The number of hydrogen-bond donors (Lipinski definition) is 0. The Labute approximate surface area is 131 Å². The number of aromatic nitrogens is 3. The molecule has 108 valence electrons. The van der Waals surface area contributed by atoms with Gasteiger partial charge in [0.2, 0.25) is 0 Å². The first-order valence-electron chi connectivity index (χ1n) is 6.83. The maximum absolute atomic E-state index is 6.32. The SMILES string of the molecule is CC(Cl)c1nc2cc(Br)cnc2n1C(C)C1CCOC1. The highest BCUT2D eigenvalue weighted by molar-refractivity contribution is 9.10. The molecule has 1 aliphatic rings. The van der Waals surface area contributed by atoms with Crippen molar-refractivity contribution >= 4 is 38.7 Å². The van der Waals surface area contributed by atoms with E-state index in [1.54, 1.807) is 6.20 Å². The lowest BCUT2D eigenvalue weighted by Gasteiger charge is -2.22. The fourth-order valence-electron chi connectivity index (χ4n) is 2.80. The fourth-order valence-corrected chi connectivity index (χ4v) is 3.27. The van der Waals surface area contributed by atoms with E-state index in [1.807, 2.05) is 13.0 Å². The molecule has 4 nitrogen and oxygen atoms in total. The molecule has 3 atom stereocenters. The third-order valence-corrected chi connectivity index (χ3v) is 4.56. The van der Waals surface area contributed by atoms with Crippen molar-refractivity contribution in [3.8, 4) is 0 Å².